The Hall–Kier alpha value is -0.830. The van der Waals surface area contributed by atoms with Crippen molar-refractivity contribution in [2.75, 3.05) is 13.2 Å². The molecule has 9 heavy (non-hydrogen) atoms. The van der Waals surface area contributed by atoms with Crippen LogP contribution in [0, 0.1) is 0 Å². The van der Waals surface area contributed by atoms with E-state index in [1.54, 1.807) is 0 Å². The van der Waals surface area contributed by atoms with E-state index >= 15 is 0 Å². The number of carbonyl (C=O) groups excluding carboxylic acids is 1. The van der Waals surface area contributed by atoms with Gasteiger partial charge in [-0.05, 0) is 0 Å². The Kier molecular flexibility index (Phi) is 1.85. The number of hydrogen-bond acceptors (Lipinski definition) is 3. The summed E-state index contributed by atoms with van der Waals surface area (Å²) in [5, 5.41) is 8.40. The van der Waals surface area contributed by atoms with Crippen LogP contribution in [-0.4, -0.2) is 24.1 Å². The first kappa shape index (κ1) is 6.29. The lowest BCUT2D eigenvalue weighted by Crippen LogP contribution is -2.18. The number of ether oxygens (including phenoxy) is 1. The summed E-state index contributed by atoms with van der Waals surface area (Å²) in [6.45, 7) is 0.742. The van der Waals surface area contributed by atoms with Gasteiger partial charge < -0.3 is 9.84 Å². The fourth-order valence-electron chi connectivity index (χ4n) is 0.697. The van der Waals surface area contributed by atoms with Crippen LogP contribution in [0.15, 0.2) is 11.8 Å². The van der Waals surface area contributed by atoms with Gasteiger partial charge in [0.25, 0.3) is 0 Å². The van der Waals surface area contributed by atoms with Crippen LogP contribution in [0.5, 0.6) is 0 Å². The van der Waals surface area contributed by atoms with E-state index in [0.29, 0.717) is 18.6 Å². The number of ketones is 1. The normalized spacial score (nSPS) is 24.9. The van der Waals surface area contributed by atoms with Gasteiger partial charge in [0.1, 0.15) is 0 Å². The average molecular weight is 128 g/mol. The number of carbonyl (C=O) groups is 1. The molecule has 3 heteroatoms. The van der Waals surface area contributed by atoms with Crippen LogP contribution in [0.3, 0.4) is 0 Å². The van der Waals surface area contributed by atoms with E-state index in [0.717, 1.165) is 6.26 Å². The smallest absolute Gasteiger partial charge is 0.166 e. The molecule has 0 radical (unpaired) electrons. The summed E-state index contributed by atoms with van der Waals surface area (Å²) in [4.78, 5) is 10.7. The monoisotopic (exact) mass is 128 g/mol. The number of rotatable bonds is 0. The Bertz CT molecular complexity index is 148. The van der Waals surface area contributed by atoms with Crippen molar-refractivity contribution in [3.05, 3.63) is 11.8 Å². The average Bonchev–Trinajstić information content (AvgIpc) is 1.89. The highest BCUT2D eigenvalue weighted by atomic mass is 16.5. The summed E-state index contributed by atoms with van der Waals surface area (Å²) >= 11 is 0. The topological polar surface area (TPSA) is 46.5 Å². The van der Waals surface area contributed by atoms with Crippen LogP contribution in [0.1, 0.15) is 6.42 Å². The molecule has 0 atom stereocenters. The van der Waals surface area contributed by atoms with E-state index < -0.39 is 0 Å². The van der Waals surface area contributed by atoms with E-state index in [4.69, 9.17) is 9.84 Å². The van der Waals surface area contributed by atoms with Crippen molar-refractivity contribution >= 4 is 5.78 Å². The molecule has 0 aliphatic carbocycles. The summed E-state index contributed by atoms with van der Waals surface area (Å²) in [6.07, 6.45) is 1.22. The summed E-state index contributed by atoms with van der Waals surface area (Å²) < 4.78 is 4.89. The van der Waals surface area contributed by atoms with Crippen molar-refractivity contribution in [3.8, 4) is 0 Å². The maximum atomic E-state index is 10.7. The first-order valence-electron chi connectivity index (χ1n) is 2.79. The third kappa shape index (κ3) is 1.29. The Morgan fingerprint density at radius 2 is 2.44 bits per heavy atom. The molecule has 1 saturated heterocycles. The van der Waals surface area contributed by atoms with Crippen LogP contribution in [0.2, 0.25) is 0 Å². The van der Waals surface area contributed by atoms with Crippen molar-refractivity contribution in [1.29, 1.82) is 0 Å². The molecule has 0 bridgehead atoms. The molecule has 1 aliphatic rings. The van der Waals surface area contributed by atoms with E-state index in [9.17, 15) is 4.79 Å². The van der Waals surface area contributed by atoms with E-state index in [1.807, 2.05) is 0 Å². The molecule has 1 N–H and O–H groups in total. The molecule has 0 saturated carbocycles. The van der Waals surface area contributed by atoms with Gasteiger partial charge in [-0.2, -0.15) is 0 Å². The second-order valence-corrected chi connectivity index (χ2v) is 1.88. The molecule has 0 unspecified atom stereocenters. The molecule has 1 rings (SSSR count). The summed E-state index contributed by atoms with van der Waals surface area (Å²) in [5.74, 6) is -0.0104. The molecular formula is C6H8O3. The second kappa shape index (κ2) is 2.64. The van der Waals surface area contributed by atoms with Crippen LogP contribution in [0.25, 0.3) is 0 Å². The molecule has 1 heterocycles. The summed E-state index contributed by atoms with van der Waals surface area (Å²) in [6, 6.07) is 0. The maximum absolute atomic E-state index is 10.7. The van der Waals surface area contributed by atoms with Crippen molar-refractivity contribution < 1.29 is 14.6 Å². The zero-order valence-electron chi connectivity index (χ0n) is 4.96. The third-order valence-corrected chi connectivity index (χ3v) is 1.25. The minimum absolute atomic E-state index is 0.0104. The van der Waals surface area contributed by atoms with Gasteiger partial charge in [-0.3, -0.25) is 4.79 Å². The number of aliphatic hydroxyl groups is 1. The predicted octanol–water partition coefficient (Wildman–Crippen LogP) is 0.418. The largest absolute Gasteiger partial charge is 0.515 e. The van der Waals surface area contributed by atoms with Gasteiger partial charge >= 0.3 is 0 Å². The van der Waals surface area contributed by atoms with Gasteiger partial charge in [0.05, 0.1) is 25.0 Å². The molecule has 0 spiro atoms. The van der Waals surface area contributed by atoms with Crippen LogP contribution >= 0.6 is 0 Å². The van der Waals surface area contributed by atoms with Crippen molar-refractivity contribution in [2.24, 2.45) is 0 Å². The molecule has 50 valence electrons. The van der Waals surface area contributed by atoms with Crippen molar-refractivity contribution in [1.82, 2.24) is 0 Å². The Morgan fingerprint density at radius 3 is 2.89 bits per heavy atom. The molecule has 1 fully saturated rings. The highest BCUT2D eigenvalue weighted by Crippen LogP contribution is 2.06. The van der Waals surface area contributed by atoms with Crippen LogP contribution in [-0.2, 0) is 9.53 Å². The quantitative estimate of drug-likeness (QED) is 0.380. The van der Waals surface area contributed by atoms with Gasteiger partial charge in [0.2, 0.25) is 0 Å². The highest BCUT2D eigenvalue weighted by molar-refractivity contribution is 5.95. The molecule has 1 aliphatic heterocycles. The first-order valence-corrected chi connectivity index (χ1v) is 2.79. The SMILES string of the molecule is O=C1CCOC/C1=C\O. The zero-order chi connectivity index (χ0) is 6.69. The minimum Gasteiger partial charge on any atom is -0.515 e. The summed E-state index contributed by atoms with van der Waals surface area (Å²) in [5.41, 5.74) is 0.376. The van der Waals surface area contributed by atoms with E-state index in [1.165, 1.54) is 0 Å². The molecule has 0 aromatic heterocycles. The second-order valence-electron chi connectivity index (χ2n) is 1.88. The number of Topliss-reactive ketones (excluding diaryl/α,β-unsaturated/α-hetero) is 1. The lowest BCUT2D eigenvalue weighted by molar-refractivity contribution is -0.119. The highest BCUT2D eigenvalue weighted by Gasteiger charge is 2.14. The Morgan fingerprint density at radius 1 is 1.67 bits per heavy atom. The van der Waals surface area contributed by atoms with Gasteiger partial charge in [-0.1, -0.05) is 0 Å². The van der Waals surface area contributed by atoms with Gasteiger partial charge in [0.15, 0.2) is 5.78 Å². The zero-order valence-corrected chi connectivity index (χ0v) is 4.96. The van der Waals surface area contributed by atoms with Gasteiger partial charge in [-0.15, -0.1) is 0 Å². The third-order valence-electron chi connectivity index (χ3n) is 1.25. The molecule has 0 amide bonds. The lowest BCUT2D eigenvalue weighted by atomic mass is 10.1. The van der Waals surface area contributed by atoms with Gasteiger partial charge in [0, 0.05) is 6.42 Å². The van der Waals surface area contributed by atoms with E-state index in [2.05, 4.69) is 0 Å². The van der Waals surface area contributed by atoms with Crippen molar-refractivity contribution in [2.45, 2.75) is 6.42 Å². The summed E-state index contributed by atoms with van der Waals surface area (Å²) in [7, 11) is 0. The fourth-order valence-corrected chi connectivity index (χ4v) is 0.697. The fraction of sp³-hybridized carbons (Fsp3) is 0.500. The lowest BCUT2D eigenvalue weighted by Gasteiger charge is -2.11. The molecular weight excluding hydrogens is 120 g/mol. The first-order chi connectivity index (χ1) is 4.34. The number of hydrogen-bond donors (Lipinski definition) is 1. The molecule has 0 aromatic rings. The Balaban J connectivity index is 2.60. The Labute approximate surface area is 52.9 Å². The predicted molar refractivity (Wildman–Crippen MR) is 31.2 cm³/mol. The standard InChI is InChI=1S/C6H8O3/c7-3-5-4-9-2-1-6(5)8/h3,7H,1-2,4H2/b5-3+. The maximum Gasteiger partial charge on any atom is 0.166 e. The van der Waals surface area contributed by atoms with Crippen LogP contribution in [0.4, 0.5) is 0 Å². The van der Waals surface area contributed by atoms with E-state index in [-0.39, 0.29) is 12.4 Å². The number of aliphatic hydroxyl groups excluding tert-OH is 1. The van der Waals surface area contributed by atoms with Crippen LogP contribution < -0.4 is 0 Å². The van der Waals surface area contributed by atoms with Crippen molar-refractivity contribution in [3.63, 3.8) is 0 Å². The minimum atomic E-state index is -0.0104. The molecule has 0 aromatic carbocycles. The van der Waals surface area contributed by atoms with Gasteiger partial charge in [-0.25, -0.2) is 0 Å². The molecule has 3 nitrogen and oxygen atoms in total.